The van der Waals surface area contributed by atoms with Gasteiger partial charge in [-0.25, -0.2) is 0 Å². The van der Waals surface area contributed by atoms with Gasteiger partial charge in [0.1, 0.15) is 0 Å². The Morgan fingerprint density at radius 3 is 2.87 bits per heavy atom. The summed E-state index contributed by atoms with van der Waals surface area (Å²) >= 11 is 0. The first-order valence-corrected chi connectivity index (χ1v) is 5.35. The van der Waals surface area contributed by atoms with Crippen molar-refractivity contribution in [3.63, 3.8) is 0 Å². The van der Waals surface area contributed by atoms with Crippen molar-refractivity contribution in [3.8, 4) is 0 Å². The van der Waals surface area contributed by atoms with Gasteiger partial charge in [-0.05, 0) is 26.3 Å². The van der Waals surface area contributed by atoms with Crippen LogP contribution in [0.3, 0.4) is 0 Å². The van der Waals surface area contributed by atoms with Gasteiger partial charge in [0.15, 0.2) is 0 Å². The molecule has 2 N–H and O–H groups in total. The van der Waals surface area contributed by atoms with Gasteiger partial charge in [0.05, 0.1) is 12.5 Å². The number of carbonyl (C=O) groups is 2. The highest BCUT2D eigenvalue weighted by Gasteiger charge is 2.26. The molecule has 15 heavy (non-hydrogen) atoms. The number of carboxylic acids is 1. The topological polar surface area (TPSA) is 69.6 Å². The second-order valence-electron chi connectivity index (χ2n) is 3.86. The molecule has 0 aliphatic carbocycles. The molecule has 1 aliphatic heterocycles. The lowest BCUT2D eigenvalue weighted by molar-refractivity contribution is -0.139. The van der Waals surface area contributed by atoms with Gasteiger partial charge < -0.3 is 10.4 Å². The quantitative estimate of drug-likeness (QED) is 0.686. The minimum Gasteiger partial charge on any atom is -0.480 e. The first-order chi connectivity index (χ1) is 7.13. The molecule has 1 unspecified atom stereocenters. The monoisotopic (exact) mass is 214 g/mol. The SMILES string of the molecule is CCNC(=O)C1CCCN(CC(=O)O)C1. The van der Waals surface area contributed by atoms with Crippen LogP contribution in [0, 0.1) is 5.92 Å². The molecule has 0 radical (unpaired) electrons. The number of likely N-dealkylation sites (tertiary alicyclic amines) is 1. The van der Waals surface area contributed by atoms with Gasteiger partial charge in [0.25, 0.3) is 0 Å². The Balaban J connectivity index is 2.41. The average Bonchev–Trinajstić information content (AvgIpc) is 2.17. The summed E-state index contributed by atoms with van der Waals surface area (Å²) in [6.45, 7) is 3.90. The lowest BCUT2D eigenvalue weighted by atomic mass is 9.97. The lowest BCUT2D eigenvalue weighted by Crippen LogP contribution is -2.44. The molecule has 1 rings (SSSR count). The summed E-state index contributed by atoms with van der Waals surface area (Å²) < 4.78 is 0. The van der Waals surface area contributed by atoms with E-state index in [2.05, 4.69) is 5.32 Å². The van der Waals surface area contributed by atoms with Gasteiger partial charge in [-0.2, -0.15) is 0 Å². The molecular formula is C10H18N2O3. The van der Waals surface area contributed by atoms with Crippen molar-refractivity contribution in [1.82, 2.24) is 10.2 Å². The maximum Gasteiger partial charge on any atom is 0.317 e. The molecule has 0 aromatic carbocycles. The zero-order chi connectivity index (χ0) is 11.3. The van der Waals surface area contributed by atoms with Crippen LogP contribution in [0.25, 0.3) is 0 Å². The predicted octanol–water partition coefficient (Wildman–Crippen LogP) is -0.0809. The molecule has 1 heterocycles. The number of carbonyl (C=O) groups excluding carboxylic acids is 1. The number of aliphatic carboxylic acids is 1. The van der Waals surface area contributed by atoms with Gasteiger partial charge in [0.2, 0.25) is 5.91 Å². The third kappa shape index (κ3) is 3.87. The van der Waals surface area contributed by atoms with E-state index in [0.29, 0.717) is 13.1 Å². The van der Waals surface area contributed by atoms with E-state index in [4.69, 9.17) is 5.11 Å². The molecule has 1 fully saturated rings. The fourth-order valence-corrected chi connectivity index (χ4v) is 1.92. The van der Waals surface area contributed by atoms with Crippen molar-refractivity contribution < 1.29 is 14.7 Å². The maximum atomic E-state index is 11.5. The number of amides is 1. The van der Waals surface area contributed by atoms with Crippen LogP contribution in [0.2, 0.25) is 0 Å². The van der Waals surface area contributed by atoms with Crippen LogP contribution in [0.4, 0.5) is 0 Å². The minimum atomic E-state index is -0.827. The molecule has 5 nitrogen and oxygen atoms in total. The fourth-order valence-electron chi connectivity index (χ4n) is 1.92. The molecule has 1 amide bonds. The molecule has 86 valence electrons. The van der Waals surface area contributed by atoms with Gasteiger partial charge in [-0.3, -0.25) is 14.5 Å². The molecule has 0 bridgehead atoms. The highest BCUT2D eigenvalue weighted by atomic mass is 16.4. The number of carboxylic acid groups (broad SMARTS) is 1. The first kappa shape index (κ1) is 12.0. The van der Waals surface area contributed by atoms with Crippen molar-refractivity contribution in [2.45, 2.75) is 19.8 Å². The van der Waals surface area contributed by atoms with E-state index in [9.17, 15) is 9.59 Å². The molecule has 1 saturated heterocycles. The van der Waals surface area contributed by atoms with E-state index in [1.165, 1.54) is 0 Å². The zero-order valence-corrected chi connectivity index (χ0v) is 9.03. The normalized spacial score (nSPS) is 22.3. The van der Waals surface area contributed by atoms with Crippen molar-refractivity contribution in [3.05, 3.63) is 0 Å². The highest BCUT2D eigenvalue weighted by Crippen LogP contribution is 2.16. The summed E-state index contributed by atoms with van der Waals surface area (Å²) in [5, 5.41) is 11.4. The van der Waals surface area contributed by atoms with Crippen LogP contribution in [-0.2, 0) is 9.59 Å². The number of hydrogen-bond donors (Lipinski definition) is 2. The lowest BCUT2D eigenvalue weighted by Gasteiger charge is -2.30. The van der Waals surface area contributed by atoms with Crippen LogP contribution in [-0.4, -0.2) is 48.1 Å². The summed E-state index contributed by atoms with van der Waals surface area (Å²) in [6.07, 6.45) is 1.76. The Labute approximate surface area is 89.4 Å². The fraction of sp³-hybridized carbons (Fsp3) is 0.800. The standard InChI is InChI=1S/C10H18N2O3/c1-2-11-10(15)8-4-3-5-12(6-8)7-9(13)14/h8H,2-7H2,1H3,(H,11,15)(H,13,14). The molecule has 0 spiro atoms. The second kappa shape index (κ2) is 5.70. The molecule has 0 saturated carbocycles. The van der Waals surface area contributed by atoms with E-state index < -0.39 is 5.97 Å². The van der Waals surface area contributed by atoms with Gasteiger partial charge >= 0.3 is 5.97 Å². The van der Waals surface area contributed by atoms with Crippen molar-refractivity contribution >= 4 is 11.9 Å². The summed E-state index contributed by atoms with van der Waals surface area (Å²) in [5.41, 5.74) is 0. The van der Waals surface area contributed by atoms with Gasteiger partial charge in [-0.15, -0.1) is 0 Å². The first-order valence-electron chi connectivity index (χ1n) is 5.35. The van der Waals surface area contributed by atoms with E-state index in [1.807, 2.05) is 11.8 Å². The van der Waals surface area contributed by atoms with Gasteiger partial charge in [-0.1, -0.05) is 0 Å². The summed E-state index contributed by atoms with van der Waals surface area (Å²) in [4.78, 5) is 23.9. The number of rotatable bonds is 4. The Hall–Kier alpha value is -1.10. The Morgan fingerprint density at radius 2 is 2.27 bits per heavy atom. The van der Waals surface area contributed by atoms with Crippen molar-refractivity contribution in [1.29, 1.82) is 0 Å². The second-order valence-corrected chi connectivity index (χ2v) is 3.86. The van der Waals surface area contributed by atoms with Crippen LogP contribution in [0.5, 0.6) is 0 Å². The van der Waals surface area contributed by atoms with Crippen LogP contribution < -0.4 is 5.32 Å². The third-order valence-electron chi connectivity index (χ3n) is 2.59. The zero-order valence-electron chi connectivity index (χ0n) is 9.03. The number of nitrogens with one attached hydrogen (secondary N) is 1. The number of nitrogens with zero attached hydrogens (tertiary/aromatic N) is 1. The van der Waals surface area contributed by atoms with E-state index in [1.54, 1.807) is 0 Å². The Morgan fingerprint density at radius 1 is 1.53 bits per heavy atom. The van der Waals surface area contributed by atoms with Crippen LogP contribution in [0.1, 0.15) is 19.8 Å². The number of piperidine rings is 1. The predicted molar refractivity (Wildman–Crippen MR) is 55.5 cm³/mol. The maximum absolute atomic E-state index is 11.5. The van der Waals surface area contributed by atoms with E-state index in [0.717, 1.165) is 19.4 Å². The summed E-state index contributed by atoms with van der Waals surface area (Å²) in [5.74, 6) is -0.822. The number of hydrogen-bond acceptors (Lipinski definition) is 3. The molecule has 1 aliphatic rings. The molecule has 5 heteroatoms. The Kier molecular flexibility index (Phi) is 4.55. The Bertz CT molecular complexity index is 243. The smallest absolute Gasteiger partial charge is 0.317 e. The van der Waals surface area contributed by atoms with Crippen molar-refractivity contribution in [2.75, 3.05) is 26.2 Å². The molecule has 0 aromatic heterocycles. The van der Waals surface area contributed by atoms with Gasteiger partial charge in [0, 0.05) is 13.1 Å². The van der Waals surface area contributed by atoms with Crippen LogP contribution in [0.15, 0.2) is 0 Å². The largest absolute Gasteiger partial charge is 0.480 e. The van der Waals surface area contributed by atoms with E-state index >= 15 is 0 Å². The summed E-state index contributed by atoms with van der Waals surface area (Å²) in [6, 6.07) is 0. The molecule has 1 atom stereocenters. The average molecular weight is 214 g/mol. The van der Waals surface area contributed by atoms with E-state index in [-0.39, 0.29) is 18.4 Å². The minimum absolute atomic E-state index is 0.0376. The molecule has 0 aromatic rings. The van der Waals surface area contributed by atoms with Crippen LogP contribution >= 0.6 is 0 Å². The highest BCUT2D eigenvalue weighted by molar-refractivity contribution is 5.79. The third-order valence-corrected chi connectivity index (χ3v) is 2.59. The van der Waals surface area contributed by atoms with Crippen molar-refractivity contribution in [2.24, 2.45) is 5.92 Å². The molecular weight excluding hydrogens is 196 g/mol. The summed E-state index contributed by atoms with van der Waals surface area (Å²) in [7, 11) is 0.